The molecule has 0 spiro atoms. The Bertz CT molecular complexity index is 587. The molecule has 1 heterocycles. The molecule has 0 aromatic carbocycles. The van der Waals surface area contributed by atoms with Gasteiger partial charge in [-0.25, -0.2) is 4.79 Å². The Kier molecular flexibility index (Phi) is 7.18. The fraction of sp³-hybridized carbons (Fsp3) is 0.611. The first-order chi connectivity index (χ1) is 12.0. The number of aryl methyl sites for hydroxylation is 2. The summed E-state index contributed by atoms with van der Waals surface area (Å²) in [5.74, 6) is -0.806. The number of hydrogen-bond acceptors (Lipinski definition) is 4. The van der Waals surface area contributed by atoms with Crippen LogP contribution < -0.4 is 10.6 Å². The van der Waals surface area contributed by atoms with Gasteiger partial charge in [0.2, 0.25) is 0 Å². The minimum atomic E-state index is -0.806. The summed E-state index contributed by atoms with van der Waals surface area (Å²) in [6, 6.07) is 6.19. The number of nitrogens with zero attached hydrogens (tertiary/aromatic N) is 2. The van der Waals surface area contributed by atoms with Crippen molar-refractivity contribution in [2.45, 2.75) is 51.6 Å². The van der Waals surface area contributed by atoms with Gasteiger partial charge in [0.25, 0.3) is 0 Å². The second-order valence-electron chi connectivity index (χ2n) is 6.55. The molecule has 7 nitrogen and oxygen atoms in total. The summed E-state index contributed by atoms with van der Waals surface area (Å²) in [5, 5.41) is 14.7. The molecule has 0 radical (unpaired) electrons. The van der Waals surface area contributed by atoms with Gasteiger partial charge in [-0.2, -0.15) is 0 Å². The van der Waals surface area contributed by atoms with Gasteiger partial charge < -0.3 is 15.7 Å². The van der Waals surface area contributed by atoms with E-state index in [-0.39, 0.29) is 24.7 Å². The van der Waals surface area contributed by atoms with E-state index in [1.54, 1.807) is 0 Å². The zero-order chi connectivity index (χ0) is 18.2. The van der Waals surface area contributed by atoms with Gasteiger partial charge in [0.1, 0.15) is 0 Å². The van der Waals surface area contributed by atoms with Crippen molar-refractivity contribution in [1.29, 1.82) is 0 Å². The molecule has 138 valence electrons. The lowest BCUT2D eigenvalue weighted by molar-refractivity contribution is -0.139. The molecule has 1 saturated carbocycles. The summed E-state index contributed by atoms with van der Waals surface area (Å²) in [5.41, 5.74) is 2.05. The number of likely N-dealkylation sites (N-methyl/N-ethyl adjacent to an activating group) is 1. The maximum Gasteiger partial charge on any atom is 0.317 e. The number of nitrogens with one attached hydrogen (secondary N) is 2. The van der Waals surface area contributed by atoms with E-state index in [4.69, 9.17) is 5.11 Å². The smallest absolute Gasteiger partial charge is 0.317 e. The fourth-order valence-corrected chi connectivity index (χ4v) is 3.12. The van der Waals surface area contributed by atoms with E-state index in [0.717, 1.165) is 37.1 Å². The molecule has 0 bridgehead atoms. The molecule has 0 aliphatic heterocycles. The predicted octanol–water partition coefficient (Wildman–Crippen LogP) is 1.56. The third-order valence-corrected chi connectivity index (χ3v) is 4.55. The standard InChI is InChI=1S/C18H28N4O3/c1-3-22(12-17(23)24)16-10-15(11-16)21-18(25)19-9-5-8-14-7-4-6-13(2)20-14/h4,6-7,15-16H,3,5,8-12H2,1-2H3,(H,23,24)(H2,19,21,25). The van der Waals surface area contributed by atoms with E-state index in [9.17, 15) is 9.59 Å². The van der Waals surface area contributed by atoms with Gasteiger partial charge in [-0.15, -0.1) is 0 Å². The lowest BCUT2D eigenvalue weighted by atomic mass is 9.85. The zero-order valence-electron chi connectivity index (χ0n) is 15.0. The number of carboxylic acids is 1. The minimum Gasteiger partial charge on any atom is -0.480 e. The summed E-state index contributed by atoms with van der Waals surface area (Å²) in [4.78, 5) is 29.1. The van der Waals surface area contributed by atoms with Crippen molar-refractivity contribution in [3.05, 3.63) is 29.6 Å². The quantitative estimate of drug-likeness (QED) is 0.589. The Labute approximate surface area is 148 Å². The molecule has 3 N–H and O–H groups in total. The van der Waals surface area contributed by atoms with Gasteiger partial charge in [-0.1, -0.05) is 13.0 Å². The van der Waals surface area contributed by atoms with Crippen LogP contribution in [0.15, 0.2) is 18.2 Å². The van der Waals surface area contributed by atoms with Crippen molar-refractivity contribution >= 4 is 12.0 Å². The second-order valence-corrected chi connectivity index (χ2v) is 6.55. The molecular formula is C18H28N4O3. The van der Waals surface area contributed by atoms with E-state index >= 15 is 0 Å². The molecule has 1 fully saturated rings. The molecule has 2 rings (SSSR count). The number of hydrogen-bond donors (Lipinski definition) is 3. The van der Waals surface area contributed by atoms with Crippen LogP contribution in [0.5, 0.6) is 0 Å². The molecule has 0 saturated heterocycles. The molecule has 1 aliphatic carbocycles. The average molecular weight is 348 g/mol. The van der Waals surface area contributed by atoms with Crippen molar-refractivity contribution in [3.8, 4) is 0 Å². The Morgan fingerprint density at radius 2 is 2.12 bits per heavy atom. The molecule has 25 heavy (non-hydrogen) atoms. The largest absolute Gasteiger partial charge is 0.480 e. The molecule has 0 unspecified atom stereocenters. The van der Waals surface area contributed by atoms with Crippen LogP contribution in [0, 0.1) is 6.92 Å². The Balaban J connectivity index is 1.58. The minimum absolute atomic E-state index is 0.0626. The summed E-state index contributed by atoms with van der Waals surface area (Å²) >= 11 is 0. The van der Waals surface area contributed by atoms with Crippen LogP contribution in [0.3, 0.4) is 0 Å². The molecule has 1 aliphatic rings. The topological polar surface area (TPSA) is 94.6 Å². The lowest BCUT2D eigenvalue weighted by Gasteiger charge is -2.42. The van der Waals surface area contributed by atoms with Gasteiger partial charge in [0.15, 0.2) is 0 Å². The highest BCUT2D eigenvalue weighted by atomic mass is 16.4. The van der Waals surface area contributed by atoms with E-state index in [2.05, 4.69) is 15.6 Å². The fourth-order valence-electron chi connectivity index (χ4n) is 3.12. The average Bonchev–Trinajstić information content (AvgIpc) is 2.52. The highest BCUT2D eigenvalue weighted by Gasteiger charge is 2.34. The third kappa shape index (κ3) is 6.34. The number of aromatic nitrogens is 1. The second kappa shape index (κ2) is 9.36. The van der Waals surface area contributed by atoms with E-state index in [0.29, 0.717) is 13.1 Å². The number of rotatable bonds is 9. The van der Waals surface area contributed by atoms with E-state index < -0.39 is 5.97 Å². The predicted molar refractivity (Wildman–Crippen MR) is 95.5 cm³/mol. The first-order valence-electron chi connectivity index (χ1n) is 8.90. The van der Waals surface area contributed by atoms with Crippen LogP contribution in [0.2, 0.25) is 0 Å². The number of aliphatic carboxylic acids is 1. The first-order valence-corrected chi connectivity index (χ1v) is 8.90. The van der Waals surface area contributed by atoms with Gasteiger partial charge >= 0.3 is 12.0 Å². The number of amides is 2. The Morgan fingerprint density at radius 1 is 1.36 bits per heavy atom. The number of carbonyl (C=O) groups is 2. The van der Waals surface area contributed by atoms with Crippen LogP contribution in [0.4, 0.5) is 4.79 Å². The Hall–Kier alpha value is -2.15. The van der Waals surface area contributed by atoms with Gasteiger partial charge in [0, 0.05) is 30.0 Å². The zero-order valence-corrected chi connectivity index (χ0v) is 15.0. The van der Waals surface area contributed by atoms with Gasteiger partial charge in [-0.3, -0.25) is 14.7 Å². The molecular weight excluding hydrogens is 320 g/mol. The monoisotopic (exact) mass is 348 g/mol. The maximum absolute atomic E-state index is 11.9. The number of pyridine rings is 1. The molecule has 1 aromatic heterocycles. The van der Waals surface area contributed by atoms with Crippen LogP contribution in [0.25, 0.3) is 0 Å². The number of carboxylic acid groups (broad SMARTS) is 1. The van der Waals surface area contributed by atoms with Crippen molar-refractivity contribution < 1.29 is 14.7 Å². The normalized spacial score (nSPS) is 19.3. The highest BCUT2D eigenvalue weighted by molar-refractivity contribution is 5.74. The van der Waals surface area contributed by atoms with Crippen molar-refractivity contribution in [2.24, 2.45) is 0 Å². The van der Waals surface area contributed by atoms with Crippen molar-refractivity contribution in [1.82, 2.24) is 20.5 Å². The summed E-state index contributed by atoms with van der Waals surface area (Å²) in [7, 11) is 0. The van der Waals surface area contributed by atoms with Gasteiger partial charge in [0.05, 0.1) is 6.54 Å². The number of urea groups is 1. The van der Waals surface area contributed by atoms with Crippen LogP contribution in [-0.4, -0.2) is 58.7 Å². The van der Waals surface area contributed by atoms with Crippen LogP contribution >= 0.6 is 0 Å². The molecule has 7 heteroatoms. The molecule has 0 atom stereocenters. The van der Waals surface area contributed by atoms with Gasteiger partial charge in [-0.05, 0) is 51.3 Å². The molecule has 1 aromatic rings. The lowest BCUT2D eigenvalue weighted by Crippen LogP contribution is -2.56. The van der Waals surface area contributed by atoms with Crippen molar-refractivity contribution in [3.63, 3.8) is 0 Å². The summed E-state index contributed by atoms with van der Waals surface area (Å²) in [6.07, 6.45) is 3.30. The number of carbonyl (C=O) groups excluding carboxylic acids is 1. The Morgan fingerprint density at radius 3 is 2.76 bits per heavy atom. The third-order valence-electron chi connectivity index (χ3n) is 4.55. The van der Waals surface area contributed by atoms with Crippen LogP contribution in [-0.2, 0) is 11.2 Å². The van der Waals surface area contributed by atoms with Crippen molar-refractivity contribution in [2.75, 3.05) is 19.6 Å². The summed E-state index contributed by atoms with van der Waals surface area (Å²) < 4.78 is 0. The SMILES string of the molecule is CCN(CC(=O)O)C1CC(NC(=O)NCCCc2cccc(C)n2)C1. The highest BCUT2D eigenvalue weighted by Crippen LogP contribution is 2.25. The van der Waals surface area contributed by atoms with E-state index in [1.807, 2.05) is 36.9 Å². The van der Waals surface area contributed by atoms with Crippen LogP contribution in [0.1, 0.15) is 37.6 Å². The first kappa shape index (κ1) is 19.2. The summed E-state index contributed by atoms with van der Waals surface area (Å²) in [6.45, 7) is 5.31. The maximum atomic E-state index is 11.9. The van der Waals surface area contributed by atoms with E-state index in [1.165, 1.54) is 0 Å². The molecule has 2 amide bonds.